The molecule has 0 saturated carbocycles. The molecule has 0 aromatic rings. The summed E-state index contributed by atoms with van der Waals surface area (Å²) in [5.74, 6) is 0. The SMILES string of the molecule is C1CCOCC1.CO.NCC=O. The fourth-order valence-electron chi connectivity index (χ4n) is 0.687. The lowest BCUT2D eigenvalue weighted by Gasteiger charge is -2.08. The van der Waals surface area contributed by atoms with Crippen LogP contribution >= 0.6 is 0 Å². The summed E-state index contributed by atoms with van der Waals surface area (Å²) in [5, 5.41) is 7.00. The van der Waals surface area contributed by atoms with Gasteiger partial charge in [-0.2, -0.15) is 0 Å². The molecule has 0 bridgehead atoms. The normalized spacial score (nSPS) is 14.6. The lowest BCUT2D eigenvalue weighted by atomic mass is 10.2. The monoisotopic (exact) mass is 177 g/mol. The van der Waals surface area contributed by atoms with Crippen molar-refractivity contribution in [3.63, 3.8) is 0 Å². The van der Waals surface area contributed by atoms with Crippen molar-refractivity contribution in [3.05, 3.63) is 0 Å². The van der Waals surface area contributed by atoms with Crippen molar-refractivity contribution in [2.24, 2.45) is 5.73 Å². The molecule has 1 heterocycles. The quantitative estimate of drug-likeness (QED) is 0.550. The summed E-state index contributed by atoms with van der Waals surface area (Å²) in [4.78, 5) is 9.05. The van der Waals surface area contributed by atoms with E-state index in [0.717, 1.165) is 20.3 Å². The summed E-state index contributed by atoms with van der Waals surface area (Å²) in [7, 11) is 1.00. The molecule has 0 atom stereocenters. The molecule has 4 heteroatoms. The van der Waals surface area contributed by atoms with Crippen molar-refractivity contribution >= 4 is 6.29 Å². The standard InChI is InChI=1S/C5H10O.C2H5NO.CH4O/c1-2-4-6-5-3-1;3-1-2-4;1-2/h1-5H2;2H,1,3H2;2H,1H3. The predicted molar refractivity (Wildman–Crippen MR) is 47.9 cm³/mol. The van der Waals surface area contributed by atoms with Gasteiger partial charge in [-0.25, -0.2) is 0 Å². The van der Waals surface area contributed by atoms with Gasteiger partial charge in [0.2, 0.25) is 0 Å². The van der Waals surface area contributed by atoms with Gasteiger partial charge in [0.1, 0.15) is 6.29 Å². The Balaban J connectivity index is 0. The Morgan fingerprint density at radius 2 is 1.75 bits per heavy atom. The molecular weight excluding hydrogens is 158 g/mol. The van der Waals surface area contributed by atoms with E-state index >= 15 is 0 Å². The van der Waals surface area contributed by atoms with Crippen LogP contribution in [0.1, 0.15) is 19.3 Å². The number of aldehydes is 1. The topological polar surface area (TPSA) is 72.6 Å². The van der Waals surface area contributed by atoms with E-state index < -0.39 is 0 Å². The zero-order valence-corrected chi connectivity index (χ0v) is 7.66. The van der Waals surface area contributed by atoms with Gasteiger partial charge in [0.25, 0.3) is 0 Å². The molecule has 1 rings (SSSR count). The van der Waals surface area contributed by atoms with E-state index in [4.69, 9.17) is 14.6 Å². The number of rotatable bonds is 1. The highest BCUT2D eigenvalue weighted by molar-refractivity contribution is 5.51. The van der Waals surface area contributed by atoms with Crippen LogP contribution in [-0.2, 0) is 9.53 Å². The van der Waals surface area contributed by atoms with E-state index in [9.17, 15) is 0 Å². The Morgan fingerprint density at radius 3 is 1.83 bits per heavy atom. The lowest BCUT2D eigenvalue weighted by Crippen LogP contribution is -2.03. The summed E-state index contributed by atoms with van der Waals surface area (Å²) in [6.07, 6.45) is 4.58. The van der Waals surface area contributed by atoms with Crippen LogP contribution in [-0.4, -0.2) is 38.3 Å². The van der Waals surface area contributed by atoms with Crippen LogP contribution in [0.3, 0.4) is 0 Å². The van der Waals surface area contributed by atoms with Crippen LogP contribution in [0, 0.1) is 0 Å². The van der Waals surface area contributed by atoms with Gasteiger partial charge >= 0.3 is 0 Å². The number of carbonyl (C=O) groups excluding carboxylic acids is 1. The van der Waals surface area contributed by atoms with Crippen LogP contribution in [0.5, 0.6) is 0 Å². The summed E-state index contributed by atoms with van der Waals surface area (Å²) in [6, 6.07) is 0. The fourth-order valence-corrected chi connectivity index (χ4v) is 0.687. The average Bonchev–Trinajstić information content (AvgIpc) is 2.24. The number of hydrogen-bond donors (Lipinski definition) is 2. The summed E-state index contributed by atoms with van der Waals surface area (Å²) >= 11 is 0. The highest BCUT2D eigenvalue weighted by atomic mass is 16.5. The third-order valence-corrected chi connectivity index (χ3v) is 1.17. The molecule has 0 amide bonds. The van der Waals surface area contributed by atoms with E-state index in [-0.39, 0.29) is 6.54 Å². The Morgan fingerprint density at radius 1 is 1.33 bits per heavy atom. The molecule has 0 aromatic carbocycles. The third-order valence-electron chi connectivity index (χ3n) is 1.17. The molecule has 1 aliphatic heterocycles. The molecule has 1 fully saturated rings. The van der Waals surface area contributed by atoms with E-state index in [2.05, 4.69) is 5.73 Å². The maximum absolute atomic E-state index is 9.05. The summed E-state index contributed by atoms with van der Waals surface area (Å²) in [6.45, 7) is 2.14. The smallest absolute Gasteiger partial charge is 0.133 e. The lowest BCUT2D eigenvalue weighted by molar-refractivity contribution is -0.106. The van der Waals surface area contributed by atoms with Crippen molar-refractivity contribution in [1.82, 2.24) is 0 Å². The molecule has 3 N–H and O–H groups in total. The Hall–Kier alpha value is -0.450. The van der Waals surface area contributed by atoms with Gasteiger partial charge in [-0.1, -0.05) is 0 Å². The second-order valence-corrected chi connectivity index (χ2v) is 2.08. The fraction of sp³-hybridized carbons (Fsp3) is 0.875. The van der Waals surface area contributed by atoms with Crippen molar-refractivity contribution in [3.8, 4) is 0 Å². The second kappa shape index (κ2) is 16.9. The van der Waals surface area contributed by atoms with Crippen LogP contribution in [0.15, 0.2) is 0 Å². The van der Waals surface area contributed by atoms with Crippen LogP contribution < -0.4 is 5.73 Å². The molecule has 12 heavy (non-hydrogen) atoms. The summed E-state index contributed by atoms with van der Waals surface area (Å²) in [5.41, 5.74) is 4.66. The maximum atomic E-state index is 9.05. The van der Waals surface area contributed by atoms with Gasteiger partial charge in [-0.05, 0) is 19.3 Å². The first-order chi connectivity index (χ1) is 5.91. The minimum Gasteiger partial charge on any atom is -0.400 e. The number of carbonyl (C=O) groups is 1. The number of aliphatic hydroxyl groups is 1. The van der Waals surface area contributed by atoms with Crippen LogP contribution in [0.2, 0.25) is 0 Å². The van der Waals surface area contributed by atoms with E-state index in [0.29, 0.717) is 6.29 Å². The second-order valence-electron chi connectivity index (χ2n) is 2.08. The summed E-state index contributed by atoms with van der Waals surface area (Å²) < 4.78 is 5.07. The van der Waals surface area contributed by atoms with Crippen molar-refractivity contribution in [2.45, 2.75) is 19.3 Å². The number of hydrogen-bond acceptors (Lipinski definition) is 4. The molecule has 0 radical (unpaired) electrons. The zero-order chi connectivity index (χ0) is 9.66. The largest absolute Gasteiger partial charge is 0.400 e. The van der Waals surface area contributed by atoms with Gasteiger partial charge in [0, 0.05) is 26.9 Å². The molecule has 4 nitrogen and oxygen atoms in total. The molecule has 0 aromatic heterocycles. The molecule has 0 unspecified atom stereocenters. The minimum absolute atomic E-state index is 0.139. The van der Waals surface area contributed by atoms with Crippen molar-refractivity contribution in [2.75, 3.05) is 26.9 Å². The number of aliphatic hydroxyl groups excluding tert-OH is 1. The van der Waals surface area contributed by atoms with Crippen LogP contribution in [0.25, 0.3) is 0 Å². The third kappa shape index (κ3) is 16.3. The molecule has 74 valence electrons. The van der Waals surface area contributed by atoms with Gasteiger partial charge in [-0.15, -0.1) is 0 Å². The first-order valence-corrected chi connectivity index (χ1v) is 4.08. The van der Waals surface area contributed by atoms with E-state index in [1.54, 1.807) is 0 Å². The van der Waals surface area contributed by atoms with Gasteiger partial charge in [0.15, 0.2) is 0 Å². The van der Waals surface area contributed by atoms with E-state index in [1.165, 1.54) is 19.3 Å². The maximum Gasteiger partial charge on any atom is 0.133 e. The molecular formula is C8H19NO3. The van der Waals surface area contributed by atoms with Gasteiger partial charge in [0.05, 0.1) is 0 Å². The number of nitrogens with two attached hydrogens (primary N) is 1. The average molecular weight is 177 g/mol. The van der Waals surface area contributed by atoms with Gasteiger partial charge in [-0.3, -0.25) is 0 Å². The molecule has 0 aliphatic carbocycles. The van der Waals surface area contributed by atoms with Crippen molar-refractivity contribution < 1.29 is 14.6 Å². The zero-order valence-electron chi connectivity index (χ0n) is 7.66. The Kier molecular flexibility index (Phi) is 19.8. The van der Waals surface area contributed by atoms with Crippen molar-refractivity contribution in [1.29, 1.82) is 0 Å². The Labute approximate surface area is 73.7 Å². The first kappa shape index (κ1) is 14.1. The minimum atomic E-state index is 0.139. The highest BCUT2D eigenvalue weighted by Gasteiger charge is 1.94. The van der Waals surface area contributed by atoms with Crippen LogP contribution in [0.4, 0.5) is 0 Å². The molecule has 1 aliphatic rings. The van der Waals surface area contributed by atoms with E-state index in [1.807, 2.05) is 0 Å². The molecule has 1 saturated heterocycles. The Bertz CT molecular complexity index is 63.2. The predicted octanol–water partition coefficient (Wildman–Crippen LogP) is -0.0606. The van der Waals surface area contributed by atoms with Gasteiger partial charge < -0.3 is 20.4 Å². The number of ether oxygens (including phenoxy) is 1. The first-order valence-electron chi connectivity index (χ1n) is 4.08. The molecule has 0 spiro atoms. The highest BCUT2D eigenvalue weighted by Crippen LogP contribution is 2.02.